The van der Waals surface area contributed by atoms with Gasteiger partial charge in [-0.1, -0.05) is 12.1 Å². The number of nitrogens with one attached hydrogen (secondary N) is 1. The van der Waals surface area contributed by atoms with Gasteiger partial charge < -0.3 is 10.1 Å². The van der Waals surface area contributed by atoms with E-state index in [1.807, 2.05) is 0 Å². The van der Waals surface area contributed by atoms with E-state index in [4.69, 9.17) is 0 Å². The van der Waals surface area contributed by atoms with Crippen molar-refractivity contribution in [2.24, 2.45) is 0 Å². The Labute approximate surface area is 131 Å². The quantitative estimate of drug-likeness (QED) is 0.759. The molecule has 0 unspecified atom stereocenters. The summed E-state index contributed by atoms with van der Waals surface area (Å²) in [7, 11) is -4.31. The number of aryl methyl sites for hydroxylation is 1. The second-order valence-corrected chi connectivity index (χ2v) is 6.59. The van der Waals surface area contributed by atoms with Crippen molar-refractivity contribution in [1.29, 1.82) is 0 Å². The predicted molar refractivity (Wildman–Crippen MR) is 82.8 cm³/mol. The number of fused-ring (bicyclic) bond motifs is 1. The van der Waals surface area contributed by atoms with Crippen LogP contribution < -0.4 is 4.31 Å². The van der Waals surface area contributed by atoms with Crippen molar-refractivity contribution in [2.75, 3.05) is 4.31 Å². The van der Waals surface area contributed by atoms with Crippen molar-refractivity contribution >= 4 is 33.1 Å². The fourth-order valence-corrected chi connectivity index (χ4v) is 3.46. The van der Waals surface area contributed by atoms with E-state index in [2.05, 4.69) is 15.0 Å². The number of carboxylic acid groups (broad SMARTS) is 1. The summed E-state index contributed by atoms with van der Waals surface area (Å²) in [6, 6.07) is 7.57. The average Bonchev–Trinajstić information content (AvgIpc) is 2.94. The predicted octanol–water partition coefficient (Wildman–Crippen LogP) is 2.14. The molecule has 3 rings (SSSR count). The van der Waals surface area contributed by atoms with Gasteiger partial charge in [-0.05, 0) is 30.7 Å². The first-order valence-corrected chi connectivity index (χ1v) is 7.98. The van der Waals surface area contributed by atoms with Crippen LogP contribution in [0.3, 0.4) is 0 Å². The highest BCUT2D eigenvalue weighted by atomic mass is 32.2. The lowest BCUT2D eigenvalue weighted by Gasteiger charge is -2.18. The van der Waals surface area contributed by atoms with Crippen LogP contribution in [0.4, 0.5) is 10.6 Å². The van der Waals surface area contributed by atoms with E-state index in [9.17, 15) is 18.3 Å². The van der Waals surface area contributed by atoms with Gasteiger partial charge in [0, 0.05) is 6.20 Å². The van der Waals surface area contributed by atoms with Gasteiger partial charge in [0.25, 0.3) is 10.0 Å². The fraction of sp³-hybridized carbons (Fsp3) is 0.0714. The number of hydrogen-bond acceptors (Lipinski definition) is 5. The second kappa shape index (κ2) is 5.36. The number of nitrogens with zero attached hydrogens (tertiary/aromatic N) is 3. The normalized spacial score (nSPS) is 11.5. The Morgan fingerprint density at radius 1 is 1.30 bits per heavy atom. The molecule has 0 aliphatic carbocycles. The van der Waals surface area contributed by atoms with Crippen molar-refractivity contribution < 1.29 is 18.3 Å². The van der Waals surface area contributed by atoms with Gasteiger partial charge in [-0.25, -0.2) is 23.2 Å². The molecule has 0 fully saturated rings. The number of amides is 1. The third kappa shape index (κ3) is 2.61. The van der Waals surface area contributed by atoms with Gasteiger partial charge in [0.15, 0.2) is 11.5 Å². The van der Waals surface area contributed by atoms with Crippen molar-refractivity contribution in [1.82, 2.24) is 15.0 Å². The molecule has 118 valence electrons. The zero-order chi connectivity index (χ0) is 16.6. The number of anilines is 1. The molecule has 2 heterocycles. The van der Waals surface area contributed by atoms with E-state index < -0.39 is 16.1 Å². The number of hydrogen-bond donors (Lipinski definition) is 2. The van der Waals surface area contributed by atoms with Crippen LogP contribution in [-0.2, 0) is 10.0 Å². The van der Waals surface area contributed by atoms with E-state index in [1.54, 1.807) is 31.3 Å². The first kappa shape index (κ1) is 15.0. The summed E-state index contributed by atoms with van der Waals surface area (Å²) >= 11 is 0. The lowest BCUT2D eigenvalue weighted by Crippen LogP contribution is -2.36. The van der Waals surface area contributed by atoms with Crippen LogP contribution in [0, 0.1) is 6.92 Å². The Morgan fingerprint density at radius 3 is 2.78 bits per heavy atom. The Bertz CT molecular complexity index is 997. The van der Waals surface area contributed by atoms with Gasteiger partial charge in [0.1, 0.15) is 5.52 Å². The monoisotopic (exact) mass is 332 g/mol. The minimum atomic E-state index is -4.31. The number of aromatic nitrogens is 3. The van der Waals surface area contributed by atoms with Crippen LogP contribution in [0.2, 0.25) is 0 Å². The van der Waals surface area contributed by atoms with Crippen molar-refractivity contribution in [3.63, 3.8) is 0 Å². The molecular weight excluding hydrogens is 320 g/mol. The van der Waals surface area contributed by atoms with Crippen LogP contribution in [0.25, 0.3) is 11.2 Å². The number of sulfonamides is 1. The standard InChI is InChI=1S/C14H12N4O4S/c1-9-3-2-4-10(7-9)23(21,22)18(14(19)20)12-8-16-13-11(17-12)5-6-15-13/h2-8H,1H3,(H,15,16)(H,19,20). The molecule has 0 radical (unpaired) electrons. The van der Waals surface area contributed by atoms with Crippen LogP contribution in [0.1, 0.15) is 5.56 Å². The van der Waals surface area contributed by atoms with Crippen molar-refractivity contribution in [3.8, 4) is 0 Å². The van der Waals surface area contributed by atoms with Crippen molar-refractivity contribution in [3.05, 3.63) is 48.3 Å². The van der Waals surface area contributed by atoms with Crippen LogP contribution >= 0.6 is 0 Å². The molecule has 0 aliphatic rings. The van der Waals surface area contributed by atoms with Gasteiger partial charge in [-0.15, -0.1) is 4.31 Å². The maximum atomic E-state index is 12.7. The van der Waals surface area contributed by atoms with Crippen LogP contribution in [0.5, 0.6) is 0 Å². The zero-order valence-corrected chi connectivity index (χ0v) is 12.8. The van der Waals surface area contributed by atoms with Gasteiger partial charge >= 0.3 is 6.09 Å². The molecule has 2 aromatic heterocycles. The molecule has 0 saturated heterocycles. The van der Waals surface area contributed by atoms with Gasteiger partial charge in [-0.3, -0.25) is 0 Å². The molecular formula is C14H12N4O4S. The summed E-state index contributed by atoms with van der Waals surface area (Å²) < 4.78 is 25.6. The summed E-state index contributed by atoms with van der Waals surface area (Å²) in [4.78, 5) is 22.3. The molecule has 0 saturated carbocycles. The molecule has 0 atom stereocenters. The number of rotatable bonds is 3. The zero-order valence-electron chi connectivity index (χ0n) is 12.0. The second-order valence-electron chi connectivity index (χ2n) is 4.81. The summed E-state index contributed by atoms with van der Waals surface area (Å²) in [5.74, 6) is -0.286. The Morgan fingerprint density at radius 2 is 2.09 bits per heavy atom. The molecule has 8 nitrogen and oxygen atoms in total. The average molecular weight is 332 g/mol. The third-order valence-corrected chi connectivity index (χ3v) is 4.83. The van der Waals surface area contributed by atoms with E-state index in [0.29, 0.717) is 16.7 Å². The molecule has 0 aliphatic heterocycles. The first-order chi connectivity index (χ1) is 10.9. The van der Waals surface area contributed by atoms with Crippen molar-refractivity contribution in [2.45, 2.75) is 11.8 Å². The molecule has 9 heteroatoms. The van der Waals surface area contributed by atoms with E-state index in [-0.39, 0.29) is 15.0 Å². The number of aromatic amines is 1. The smallest absolute Gasteiger partial charge is 0.427 e. The topological polar surface area (TPSA) is 116 Å². The molecule has 0 spiro atoms. The maximum Gasteiger partial charge on any atom is 0.427 e. The molecule has 0 bridgehead atoms. The molecule has 2 N–H and O–H groups in total. The van der Waals surface area contributed by atoms with Gasteiger partial charge in [0.05, 0.1) is 11.1 Å². The number of carbonyl (C=O) groups is 1. The third-order valence-electron chi connectivity index (χ3n) is 3.16. The minimum absolute atomic E-state index is 0.129. The first-order valence-electron chi connectivity index (χ1n) is 6.54. The van der Waals surface area contributed by atoms with Gasteiger partial charge in [0.2, 0.25) is 0 Å². The number of benzene rings is 1. The molecule has 1 amide bonds. The summed E-state index contributed by atoms with van der Waals surface area (Å²) in [6.45, 7) is 1.72. The summed E-state index contributed by atoms with van der Waals surface area (Å²) in [5, 5.41) is 9.39. The van der Waals surface area contributed by atoms with Gasteiger partial charge in [-0.2, -0.15) is 0 Å². The molecule has 23 heavy (non-hydrogen) atoms. The minimum Gasteiger partial charge on any atom is -0.464 e. The largest absolute Gasteiger partial charge is 0.464 e. The summed E-state index contributed by atoms with van der Waals surface area (Å²) in [6.07, 6.45) is 1.02. The lowest BCUT2D eigenvalue weighted by atomic mass is 10.2. The molecule has 1 aromatic carbocycles. The van der Waals surface area contributed by atoms with E-state index in [0.717, 1.165) is 6.20 Å². The number of H-pyrrole nitrogens is 1. The molecule has 3 aromatic rings. The fourth-order valence-electron chi connectivity index (χ4n) is 2.12. The lowest BCUT2D eigenvalue weighted by molar-refractivity contribution is 0.206. The Hall–Kier alpha value is -2.94. The highest BCUT2D eigenvalue weighted by Crippen LogP contribution is 2.23. The highest BCUT2D eigenvalue weighted by molar-refractivity contribution is 7.93. The van der Waals surface area contributed by atoms with E-state index >= 15 is 0 Å². The summed E-state index contributed by atoms with van der Waals surface area (Å²) in [5.41, 5.74) is 1.50. The maximum absolute atomic E-state index is 12.7. The SMILES string of the molecule is Cc1cccc(S(=O)(=O)N(C(=O)O)c2cnc3[nH]ccc3n2)c1. The van der Waals surface area contributed by atoms with Crippen LogP contribution in [0.15, 0.2) is 47.6 Å². The Balaban J connectivity index is 2.16. The Kier molecular flexibility index (Phi) is 3.49. The van der Waals surface area contributed by atoms with E-state index in [1.165, 1.54) is 12.1 Å². The highest BCUT2D eigenvalue weighted by Gasteiger charge is 2.32. The van der Waals surface area contributed by atoms with Crippen LogP contribution in [-0.4, -0.2) is 34.6 Å².